The molecule has 1 aromatic heterocycles. The van der Waals surface area contributed by atoms with Crippen molar-refractivity contribution in [1.82, 2.24) is 10.3 Å². The van der Waals surface area contributed by atoms with E-state index in [-0.39, 0.29) is 0 Å². The Hall–Kier alpha value is -1.39. The minimum absolute atomic E-state index is 0.456. The zero-order chi connectivity index (χ0) is 15.2. The second-order valence-corrected chi connectivity index (χ2v) is 6.21. The van der Waals surface area contributed by atoms with Crippen molar-refractivity contribution in [3.8, 4) is 5.75 Å². The number of nitrogens with one attached hydrogen (secondary N) is 1. The van der Waals surface area contributed by atoms with Crippen molar-refractivity contribution >= 4 is 15.9 Å². The van der Waals surface area contributed by atoms with Gasteiger partial charge in [0, 0.05) is 17.1 Å². The van der Waals surface area contributed by atoms with E-state index in [1.165, 1.54) is 0 Å². The van der Waals surface area contributed by atoms with Gasteiger partial charge in [-0.25, -0.2) is 0 Å². The lowest BCUT2D eigenvalue weighted by Gasteiger charge is -2.10. The van der Waals surface area contributed by atoms with Gasteiger partial charge in [0.1, 0.15) is 12.4 Å². The third-order valence-electron chi connectivity index (χ3n) is 3.07. The first-order chi connectivity index (χ1) is 10.0. The van der Waals surface area contributed by atoms with E-state index in [4.69, 9.17) is 4.74 Å². The Labute approximate surface area is 134 Å². The number of ether oxygens (including phenoxy) is 1. The minimum atomic E-state index is 0.456. The molecule has 112 valence electrons. The van der Waals surface area contributed by atoms with E-state index in [1.807, 2.05) is 43.3 Å². The number of rotatable bonds is 6. The summed E-state index contributed by atoms with van der Waals surface area (Å²) in [7, 11) is 0. The van der Waals surface area contributed by atoms with Gasteiger partial charge in [0.25, 0.3) is 0 Å². The van der Waals surface area contributed by atoms with Crippen LogP contribution in [0.5, 0.6) is 5.75 Å². The number of pyridine rings is 1. The van der Waals surface area contributed by atoms with Crippen LogP contribution in [0, 0.1) is 6.92 Å². The molecule has 1 aromatic carbocycles. The molecule has 0 aliphatic heterocycles. The van der Waals surface area contributed by atoms with Crippen LogP contribution < -0.4 is 10.1 Å². The molecule has 21 heavy (non-hydrogen) atoms. The highest BCUT2D eigenvalue weighted by Gasteiger charge is 2.02. The molecular weight excluding hydrogens is 328 g/mol. The third-order valence-corrected chi connectivity index (χ3v) is 3.96. The zero-order valence-corrected chi connectivity index (χ0v) is 14.3. The summed E-state index contributed by atoms with van der Waals surface area (Å²) < 4.78 is 6.90. The molecule has 3 nitrogen and oxygen atoms in total. The first-order valence-electron chi connectivity index (χ1n) is 7.12. The summed E-state index contributed by atoms with van der Waals surface area (Å²) in [5.41, 5.74) is 3.14. The lowest BCUT2D eigenvalue weighted by atomic mass is 10.2. The summed E-state index contributed by atoms with van der Waals surface area (Å²) in [5, 5.41) is 3.37. The fourth-order valence-corrected chi connectivity index (χ4v) is 2.13. The van der Waals surface area contributed by atoms with E-state index in [0.717, 1.165) is 33.7 Å². The first-order valence-corrected chi connectivity index (χ1v) is 7.91. The maximum absolute atomic E-state index is 5.80. The Bertz CT molecular complexity index is 599. The molecule has 2 aromatic rings. The summed E-state index contributed by atoms with van der Waals surface area (Å²) in [4.78, 5) is 4.60. The van der Waals surface area contributed by atoms with Crippen LogP contribution in [-0.4, -0.2) is 11.0 Å². The van der Waals surface area contributed by atoms with Gasteiger partial charge in [0.2, 0.25) is 0 Å². The lowest BCUT2D eigenvalue weighted by molar-refractivity contribution is 0.300. The normalized spacial score (nSPS) is 10.9. The van der Waals surface area contributed by atoms with Gasteiger partial charge in [-0.1, -0.05) is 35.8 Å². The number of hydrogen-bond acceptors (Lipinski definition) is 3. The predicted octanol–water partition coefficient (Wildman–Crippen LogP) is 4.23. The van der Waals surface area contributed by atoms with Gasteiger partial charge < -0.3 is 10.1 Å². The molecule has 1 heterocycles. The van der Waals surface area contributed by atoms with Crippen LogP contribution in [0.3, 0.4) is 0 Å². The van der Waals surface area contributed by atoms with Crippen molar-refractivity contribution in [2.24, 2.45) is 0 Å². The highest BCUT2D eigenvalue weighted by atomic mass is 79.9. The second-order valence-electron chi connectivity index (χ2n) is 5.36. The Morgan fingerprint density at radius 1 is 1.19 bits per heavy atom. The Kier molecular flexibility index (Phi) is 5.76. The molecule has 0 saturated heterocycles. The molecule has 2 rings (SSSR count). The van der Waals surface area contributed by atoms with Crippen LogP contribution >= 0.6 is 15.9 Å². The maximum Gasteiger partial charge on any atom is 0.130 e. The fraction of sp³-hybridized carbons (Fsp3) is 0.353. The van der Waals surface area contributed by atoms with Gasteiger partial charge in [-0.2, -0.15) is 0 Å². The van der Waals surface area contributed by atoms with Crippen LogP contribution in [0.2, 0.25) is 0 Å². The smallest absolute Gasteiger partial charge is 0.130 e. The van der Waals surface area contributed by atoms with E-state index in [1.54, 1.807) is 0 Å². The summed E-state index contributed by atoms with van der Waals surface area (Å²) >= 11 is 3.49. The molecule has 0 saturated carbocycles. The van der Waals surface area contributed by atoms with Crippen molar-refractivity contribution in [1.29, 1.82) is 0 Å². The highest BCUT2D eigenvalue weighted by molar-refractivity contribution is 9.10. The maximum atomic E-state index is 5.80. The van der Waals surface area contributed by atoms with Crippen molar-refractivity contribution in [3.05, 3.63) is 57.8 Å². The summed E-state index contributed by atoms with van der Waals surface area (Å²) in [6.07, 6.45) is 0. The molecule has 4 heteroatoms. The van der Waals surface area contributed by atoms with Crippen molar-refractivity contribution in [2.45, 2.75) is 40.0 Å². The van der Waals surface area contributed by atoms with E-state index < -0.39 is 0 Å². The molecule has 0 amide bonds. The van der Waals surface area contributed by atoms with Gasteiger partial charge in [0.05, 0.1) is 11.4 Å². The van der Waals surface area contributed by atoms with Crippen molar-refractivity contribution in [2.75, 3.05) is 0 Å². The number of hydrogen-bond donors (Lipinski definition) is 1. The highest BCUT2D eigenvalue weighted by Crippen LogP contribution is 2.22. The van der Waals surface area contributed by atoms with E-state index in [9.17, 15) is 0 Å². The quantitative estimate of drug-likeness (QED) is 0.848. The first kappa shape index (κ1) is 16.0. The molecule has 0 unspecified atom stereocenters. The molecule has 0 aliphatic carbocycles. The van der Waals surface area contributed by atoms with Gasteiger partial charge in [-0.3, -0.25) is 4.98 Å². The number of nitrogens with zero attached hydrogens (tertiary/aromatic N) is 1. The SMILES string of the molecule is Cc1cc(OCc2cccc(CNC(C)C)n2)ccc1Br. The topological polar surface area (TPSA) is 34.1 Å². The second kappa shape index (κ2) is 7.57. The number of halogens is 1. The van der Waals surface area contributed by atoms with Gasteiger partial charge in [-0.15, -0.1) is 0 Å². The minimum Gasteiger partial charge on any atom is -0.487 e. The number of benzene rings is 1. The molecule has 0 bridgehead atoms. The molecule has 1 N–H and O–H groups in total. The van der Waals surface area contributed by atoms with Crippen LogP contribution in [0.4, 0.5) is 0 Å². The molecule has 0 aliphatic rings. The van der Waals surface area contributed by atoms with Gasteiger partial charge in [-0.05, 0) is 42.8 Å². The largest absolute Gasteiger partial charge is 0.487 e. The Balaban J connectivity index is 1.96. The van der Waals surface area contributed by atoms with E-state index in [2.05, 4.69) is 40.1 Å². The van der Waals surface area contributed by atoms with Crippen LogP contribution in [0.15, 0.2) is 40.9 Å². The van der Waals surface area contributed by atoms with E-state index in [0.29, 0.717) is 12.6 Å². The molecule has 0 fully saturated rings. The summed E-state index contributed by atoms with van der Waals surface area (Å²) in [6.45, 7) is 7.57. The average molecular weight is 349 g/mol. The standard InChI is InChI=1S/C17H21BrN2O/c1-12(2)19-10-14-5-4-6-15(20-14)11-21-16-7-8-17(18)13(3)9-16/h4-9,12,19H,10-11H2,1-3H3. The lowest BCUT2D eigenvalue weighted by Crippen LogP contribution is -2.22. The van der Waals surface area contributed by atoms with Gasteiger partial charge in [0.15, 0.2) is 0 Å². The molecular formula is C17H21BrN2O. The monoisotopic (exact) mass is 348 g/mol. The van der Waals surface area contributed by atoms with Gasteiger partial charge >= 0.3 is 0 Å². The van der Waals surface area contributed by atoms with Crippen molar-refractivity contribution < 1.29 is 4.74 Å². The average Bonchev–Trinajstić information content (AvgIpc) is 2.47. The Morgan fingerprint density at radius 2 is 1.95 bits per heavy atom. The summed E-state index contributed by atoms with van der Waals surface area (Å²) in [6, 6.07) is 12.5. The van der Waals surface area contributed by atoms with Crippen LogP contribution in [0.1, 0.15) is 30.8 Å². The molecule has 0 atom stereocenters. The fourth-order valence-electron chi connectivity index (χ4n) is 1.88. The predicted molar refractivity (Wildman–Crippen MR) is 89.4 cm³/mol. The number of aromatic nitrogens is 1. The third kappa shape index (κ3) is 5.14. The van der Waals surface area contributed by atoms with E-state index >= 15 is 0 Å². The molecule has 0 radical (unpaired) electrons. The number of aryl methyl sites for hydroxylation is 1. The zero-order valence-electron chi connectivity index (χ0n) is 12.7. The van der Waals surface area contributed by atoms with Crippen molar-refractivity contribution in [3.63, 3.8) is 0 Å². The molecule has 0 spiro atoms. The van der Waals surface area contributed by atoms with Crippen LogP contribution in [0.25, 0.3) is 0 Å². The Morgan fingerprint density at radius 3 is 2.67 bits per heavy atom. The van der Waals surface area contributed by atoms with Crippen LogP contribution in [-0.2, 0) is 13.2 Å². The summed E-state index contributed by atoms with van der Waals surface area (Å²) in [5.74, 6) is 0.864.